The summed E-state index contributed by atoms with van der Waals surface area (Å²) in [7, 11) is 0. The number of hydrogen-bond donors (Lipinski definition) is 4. The fraction of sp³-hybridized carbons (Fsp3) is 0.364. The molecule has 5 heteroatoms. The molecule has 1 atom stereocenters. The first kappa shape index (κ1) is 17.9. The highest BCUT2D eigenvalue weighted by molar-refractivity contribution is 5.86. The van der Waals surface area contributed by atoms with Gasteiger partial charge in [0.05, 0.1) is 0 Å². The van der Waals surface area contributed by atoms with Gasteiger partial charge in [-0.25, -0.2) is 0 Å². The number of fused-ring (bicyclic) bond motifs is 3. The van der Waals surface area contributed by atoms with E-state index < -0.39 is 0 Å². The molecule has 0 radical (unpaired) electrons. The van der Waals surface area contributed by atoms with Crippen molar-refractivity contribution in [2.45, 2.75) is 31.7 Å². The Labute approximate surface area is 159 Å². The molecule has 0 saturated heterocycles. The summed E-state index contributed by atoms with van der Waals surface area (Å²) in [6, 6.07) is 14.6. The maximum atomic E-state index is 9.16. The molecule has 5 nitrogen and oxygen atoms in total. The Hall–Kier alpha value is -2.50. The van der Waals surface area contributed by atoms with Crippen LogP contribution in [-0.4, -0.2) is 35.9 Å². The molecule has 1 aromatic heterocycles. The lowest BCUT2D eigenvalue weighted by atomic mass is 9.92. The van der Waals surface area contributed by atoms with Gasteiger partial charge in [0.15, 0.2) is 0 Å². The number of hydrogen-bond acceptors (Lipinski definition) is 4. The second-order valence-corrected chi connectivity index (χ2v) is 7.20. The standard InChI is InChI=1S/C22H27N3O2/c23-16-5-8-21-19(13-16)18-7-6-17(14-22(18)25-21)27-12-10-24-20-4-2-1-3-15(20)9-11-26/h1-4,6-7,14,16,24-26H,5,8-13,23H2. The third kappa shape index (κ3) is 3.94. The quantitative estimate of drug-likeness (QED) is 0.485. The molecule has 1 heterocycles. The first-order valence-electron chi connectivity index (χ1n) is 9.69. The number of para-hydroxylation sites is 1. The monoisotopic (exact) mass is 365 g/mol. The molecule has 1 aliphatic rings. The summed E-state index contributed by atoms with van der Waals surface area (Å²) in [5.74, 6) is 0.871. The Balaban J connectivity index is 1.37. The Morgan fingerprint density at radius 1 is 1.22 bits per heavy atom. The maximum Gasteiger partial charge on any atom is 0.121 e. The van der Waals surface area contributed by atoms with Crippen LogP contribution in [0.5, 0.6) is 5.75 Å². The van der Waals surface area contributed by atoms with Gasteiger partial charge in [-0.2, -0.15) is 0 Å². The van der Waals surface area contributed by atoms with Crippen molar-refractivity contribution in [2.75, 3.05) is 25.1 Å². The normalized spacial score (nSPS) is 16.3. The summed E-state index contributed by atoms with van der Waals surface area (Å²) in [5.41, 5.74) is 12.1. The maximum absolute atomic E-state index is 9.16. The zero-order valence-corrected chi connectivity index (χ0v) is 15.5. The largest absolute Gasteiger partial charge is 0.492 e. The number of ether oxygens (including phenoxy) is 1. The van der Waals surface area contributed by atoms with E-state index >= 15 is 0 Å². The lowest BCUT2D eigenvalue weighted by molar-refractivity contribution is 0.299. The molecule has 27 heavy (non-hydrogen) atoms. The van der Waals surface area contributed by atoms with Gasteiger partial charge in [-0.3, -0.25) is 0 Å². The summed E-state index contributed by atoms with van der Waals surface area (Å²) in [5, 5.41) is 13.8. The predicted octanol–water partition coefficient (Wildman–Crippen LogP) is 3.01. The Morgan fingerprint density at radius 3 is 3.00 bits per heavy atom. The van der Waals surface area contributed by atoms with E-state index in [0.717, 1.165) is 41.8 Å². The smallest absolute Gasteiger partial charge is 0.121 e. The van der Waals surface area contributed by atoms with Crippen LogP contribution >= 0.6 is 0 Å². The van der Waals surface area contributed by atoms with Crippen molar-refractivity contribution in [1.29, 1.82) is 0 Å². The lowest BCUT2D eigenvalue weighted by Gasteiger charge is -2.18. The highest BCUT2D eigenvalue weighted by Crippen LogP contribution is 2.30. The summed E-state index contributed by atoms with van der Waals surface area (Å²) in [6.07, 6.45) is 3.68. The highest BCUT2D eigenvalue weighted by atomic mass is 16.5. The van der Waals surface area contributed by atoms with Gasteiger partial charge in [0.25, 0.3) is 0 Å². The molecule has 2 aromatic carbocycles. The first-order valence-corrected chi connectivity index (χ1v) is 9.69. The summed E-state index contributed by atoms with van der Waals surface area (Å²) < 4.78 is 5.93. The van der Waals surface area contributed by atoms with Crippen molar-refractivity contribution in [1.82, 2.24) is 4.98 Å². The molecule has 4 rings (SSSR count). The van der Waals surface area contributed by atoms with Crippen LogP contribution in [0.15, 0.2) is 42.5 Å². The van der Waals surface area contributed by atoms with Crippen molar-refractivity contribution in [3.63, 3.8) is 0 Å². The summed E-state index contributed by atoms with van der Waals surface area (Å²) >= 11 is 0. The number of rotatable bonds is 7. The van der Waals surface area contributed by atoms with Gasteiger partial charge < -0.3 is 25.9 Å². The topological polar surface area (TPSA) is 83.3 Å². The molecule has 0 fully saturated rings. The molecular formula is C22H27N3O2. The van der Waals surface area contributed by atoms with Gasteiger partial charge >= 0.3 is 0 Å². The number of anilines is 1. The van der Waals surface area contributed by atoms with Crippen LogP contribution in [-0.2, 0) is 19.3 Å². The number of aromatic amines is 1. The van der Waals surface area contributed by atoms with E-state index in [1.54, 1.807) is 0 Å². The number of nitrogens with two attached hydrogens (primary N) is 1. The first-order chi connectivity index (χ1) is 13.2. The Morgan fingerprint density at radius 2 is 2.11 bits per heavy atom. The molecule has 1 unspecified atom stereocenters. The summed E-state index contributed by atoms with van der Waals surface area (Å²) in [6.45, 7) is 1.43. The van der Waals surface area contributed by atoms with Crippen molar-refractivity contribution in [2.24, 2.45) is 5.73 Å². The van der Waals surface area contributed by atoms with Gasteiger partial charge in [-0.1, -0.05) is 18.2 Å². The second-order valence-electron chi connectivity index (χ2n) is 7.20. The Kier molecular flexibility index (Phi) is 5.32. The number of aromatic nitrogens is 1. The van der Waals surface area contributed by atoms with Crippen LogP contribution in [0.25, 0.3) is 10.9 Å². The van der Waals surface area contributed by atoms with Crippen molar-refractivity contribution in [3.8, 4) is 5.75 Å². The lowest BCUT2D eigenvalue weighted by Crippen LogP contribution is -2.27. The minimum Gasteiger partial charge on any atom is -0.492 e. The van der Waals surface area contributed by atoms with Crippen LogP contribution in [0.2, 0.25) is 0 Å². The number of aliphatic hydroxyl groups is 1. The van der Waals surface area contributed by atoms with Crippen molar-refractivity contribution < 1.29 is 9.84 Å². The predicted molar refractivity (Wildman–Crippen MR) is 110 cm³/mol. The van der Waals surface area contributed by atoms with Crippen LogP contribution < -0.4 is 15.8 Å². The molecule has 3 aromatic rings. The van der Waals surface area contributed by atoms with Gasteiger partial charge in [-0.05, 0) is 55.0 Å². The number of aryl methyl sites for hydroxylation is 1. The fourth-order valence-electron chi connectivity index (χ4n) is 3.91. The minimum atomic E-state index is 0.153. The molecule has 0 spiro atoms. The van der Waals surface area contributed by atoms with Gasteiger partial charge in [0, 0.05) is 47.5 Å². The van der Waals surface area contributed by atoms with Crippen LogP contribution in [0.1, 0.15) is 23.2 Å². The number of H-pyrrole nitrogens is 1. The number of benzene rings is 2. The minimum absolute atomic E-state index is 0.153. The van der Waals surface area contributed by atoms with E-state index in [-0.39, 0.29) is 12.6 Å². The van der Waals surface area contributed by atoms with E-state index in [1.807, 2.05) is 30.3 Å². The average Bonchev–Trinajstić information content (AvgIpc) is 3.03. The third-order valence-electron chi connectivity index (χ3n) is 5.28. The number of nitrogens with one attached hydrogen (secondary N) is 2. The molecule has 5 N–H and O–H groups in total. The van der Waals surface area contributed by atoms with Gasteiger partial charge in [0.1, 0.15) is 12.4 Å². The average molecular weight is 365 g/mol. The zero-order chi connectivity index (χ0) is 18.6. The molecule has 0 bridgehead atoms. The molecule has 0 amide bonds. The molecule has 1 aliphatic carbocycles. The zero-order valence-electron chi connectivity index (χ0n) is 15.5. The van der Waals surface area contributed by atoms with Gasteiger partial charge in [0.2, 0.25) is 0 Å². The third-order valence-corrected chi connectivity index (χ3v) is 5.28. The Bertz CT molecular complexity index is 919. The van der Waals surface area contributed by atoms with Crippen LogP contribution in [0.3, 0.4) is 0 Å². The van der Waals surface area contributed by atoms with E-state index in [4.69, 9.17) is 15.6 Å². The van der Waals surface area contributed by atoms with Crippen molar-refractivity contribution in [3.05, 3.63) is 59.3 Å². The molecule has 142 valence electrons. The van der Waals surface area contributed by atoms with E-state index in [0.29, 0.717) is 19.6 Å². The van der Waals surface area contributed by atoms with Gasteiger partial charge in [-0.15, -0.1) is 0 Å². The molecule has 0 saturated carbocycles. The van der Waals surface area contributed by atoms with E-state index in [1.165, 1.54) is 16.6 Å². The second kappa shape index (κ2) is 8.03. The van der Waals surface area contributed by atoms with E-state index in [2.05, 4.69) is 22.4 Å². The van der Waals surface area contributed by atoms with Crippen LogP contribution in [0.4, 0.5) is 5.69 Å². The van der Waals surface area contributed by atoms with Crippen molar-refractivity contribution >= 4 is 16.6 Å². The fourth-order valence-corrected chi connectivity index (χ4v) is 3.91. The number of aliphatic hydroxyl groups excluding tert-OH is 1. The highest BCUT2D eigenvalue weighted by Gasteiger charge is 2.20. The molecular weight excluding hydrogens is 338 g/mol. The molecule has 0 aliphatic heterocycles. The summed E-state index contributed by atoms with van der Waals surface area (Å²) in [4.78, 5) is 3.54. The van der Waals surface area contributed by atoms with E-state index in [9.17, 15) is 0 Å². The SMILES string of the molecule is NC1CCc2[nH]c3cc(OCCNc4ccccc4CCO)ccc3c2C1. The van der Waals surface area contributed by atoms with Crippen LogP contribution in [0, 0.1) is 0 Å².